The first-order chi connectivity index (χ1) is 6.74. The van der Waals surface area contributed by atoms with Crippen molar-refractivity contribution in [3.05, 3.63) is 35.7 Å². The number of rotatable bonds is 1. The molecule has 0 fully saturated rings. The molecule has 0 bridgehead atoms. The lowest BCUT2D eigenvalue weighted by molar-refractivity contribution is 0.412. The number of aromatic nitrogens is 1. The minimum atomic E-state index is 0.946. The fraction of sp³-hybridized carbons (Fsp3) is 0.250. The minimum absolute atomic E-state index is 0.946. The first-order valence-electron chi connectivity index (χ1n) is 4.62. The Bertz CT molecular complexity index is 477. The van der Waals surface area contributed by atoms with Gasteiger partial charge in [0.2, 0.25) is 0 Å². The van der Waals surface area contributed by atoms with Crippen molar-refractivity contribution in [1.82, 2.24) is 4.98 Å². The van der Waals surface area contributed by atoms with Crippen LogP contribution in [0.3, 0.4) is 0 Å². The molecule has 0 unspecified atom stereocenters. The highest BCUT2D eigenvalue weighted by molar-refractivity contribution is 5.87. The number of nitrogens with zero attached hydrogens (tertiary/aromatic N) is 1. The summed E-state index contributed by atoms with van der Waals surface area (Å²) in [5.41, 5.74) is 2.43. The zero-order valence-electron chi connectivity index (χ0n) is 8.66. The largest absolute Gasteiger partial charge is 0.496 e. The maximum atomic E-state index is 5.31. The second-order valence-corrected chi connectivity index (χ2v) is 3.43. The lowest BCUT2D eigenvalue weighted by Crippen LogP contribution is -1.91. The summed E-state index contributed by atoms with van der Waals surface area (Å²) in [7, 11) is 1.70. The maximum Gasteiger partial charge on any atom is 0.122 e. The summed E-state index contributed by atoms with van der Waals surface area (Å²) in [5.74, 6) is 0.946. The van der Waals surface area contributed by atoms with Crippen LogP contribution in [0.25, 0.3) is 10.8 Å². The molecule has 72 valence electrons. The number of ether oxygens (including phenoxy) is 1. The lowest BCUT2D eigenvalue weighted by atomic mass is 10.0. The summed E-state index contributed by atoms with van der Waals surface area (Å²) in [6, 6.07) is 4.06. The van der Waals surface area contributed by atoms with Gasteiger partial charge < -0.3 is 4.74 Å². The topological polar surface area (TPSA) is 22.1 Å². The van der Waals surface area contributed by atoms with Crippen molar-refractivity contribution in [3.63, 3.8) is 0 Å². The Morgan fingerprint density at radius 3 is 2.71 bits per heavy atom. The highest BCUT2D eigenvalue weighted by atomic mass is 16.5. The minimum Gasteiger partial charge on any atom is -0.496 e. The van der Waals surface area contributed by atoms with Crippen molar-refractivity contribution in [2.75, 3.05) is 7.11 Å². The van der Waals surface area contributed by atoms with Gasteiger partial charge in [0, 0.05) is 17.8 Å². The molecule has 0 saturated carbocycles. The van der Waals surface area contributed by atoms with E-state index in [1.165, 1.54) is 21.9 Å². The van der Waals surface area contributed by atoms with Gasteiger partial charge in [-0.3, -0.25) is 4.98 Å². The summed E-state index contributed by atoms with van der Waals surface area (Å²) >= 11 is 0. The molecule has 2 aromatic rings. The molecule has 0 N–H and O–H groups in total. The van der Waals surface area contributed by atoms with Gasteiger partial charge in [-0.15, -0.1) is 0 Å². The van der Waals surface area contributed by atoms with E-state index in [-0.39, 0.29) is 0 Å². The van der Waals surface area contributed by atoms with Gasteiger partial charge in [-0.25, -0.2) is 0 Å². The first kappa shape index (κ1) is 9.00. The van der Waals surface area contributed by atoms with E-state index in [9.17, 15) is 0 Å². The van der Waals surface area contributed by atoms with Crippen LogP contribution in [0.15, 0.2) is 24.5 Å². The van der Waals surface area contributed by atoms with Crippen molar-refractivity contribution in [3.8, 4) is 5.75 Å². The molecule has 1 heterocycles. The van der Waals surface area contributed by atoms with Crippen LogP contribution in [0, 0.1) is 13.8 Å². The standard InChI is InChI=1S/C12H13NO/c1-8-9(2)12(14-3)6-10-4-5-13-7-11(8)10/h4-7H,1-3H3. The summed E-state index contributed by atoms with van der Waals surface area (Å²) in [5, 5.41) is 2.38. The van der Waals surface area contributed by atoms with Gasteiger partial charge in [0.1, 0.15) is 5.75 Å². The number of hydrogen-bond donors (Lipinski definition) is 0. The van der Waals surface area contributed by atoms with Gasteiger partial charge in [-0.05, 0) is 42.5 Å². The van der Waals surface area contributed by atoms with Gasteiger partial charge in [0.25, 0.3) is 0 Å². The van der Waals surface area contributed by atoms with Crippen LogP contribution in [0.2, 0.25) is 0 Å². The van der Waals surface area contributed by atoms with Crippen LogP contribution in [0.5, 0.6) is 5.75 Å². The van der Waals surface area contributed by atoms with Crippen LogP contribution in [0.4, 0.5) is 0 Å². The molecule has 1 aromatic heterocycles. The number of fused-ring (bicyclic) bond motifs is 1. The highest BCUT2D eigenvalue weighted by Crippen LogP contribution is 2.28. The Morgan fingerprint density at radius 1 is 1.21 bits per heavy atom. The summed E-state index contributed by atoms with van der Waals surface area (Å²) in [6.45, 7) is 4.17. The molecule has 0 atom stereocenters. The monoisotopic (exact) mass is 187 g/mol. The van der Waals surface area contributed by atoms with Crippen molar-refractivity contribution >= 4 is 10.8 Å². The van der Waals surface area contributed by atoms with Crippen LogP contribution in [0.1, 0.15) is 11.1 Å². The quantitative estimate of drug-likeness (QED) is 0.684. The zero-order valence-corrected chi connectivity index (χ0v) is 8.66. The average molecular weight is 187 g/mol. The second kappa shape index (κ2) is 3.29. The van der Waals surface area contributed by atoms with Crippen molar-refractivity contribution in [1.29, 1.82) is 0 Å². The van der Waals surface area contributed by atoms with Crippen molar-refractivity contribution in [2.45, 2.75) is 13.8 Å². The summed E-state index contributed by atoms with van der Waals surface area (Å²) < 4.78 is 5.31. The Hall–Kier alpha value is -1.57. The molecule has 2 nitrogen and oxygen atoms in total. The Morgan fingerprint density at radius 2 is 2.00 bits per heavy atom. The van der Waals surface area contributed by atoms with E-state index in [0.717, 1.165) is 5.75 Å². The number of hydrogen-bond acceptors (Lipinski definition) is 2. The van der Waals surface area contributed by atoms with Crippen molar-refractivity contribution in [2.24, 2.45) is 0 Å². The van der Waals surface area contributed by atoms with E-state index in [1.807, 2.05) is 12.3 Å². The van der Waals surface area contributed by atoms with Gasteiger partial charge >= 0.3 is 0 Å². The van der Waals surface area contributed by atoms with Crippen LogP contribution in [-0.4, -0.2) is 12.1 Å². The van der Waals surface area contributed by atoms with Gasteiger partial charge in [-0.1, -0.05) is 0 Å². The van der Waals surface area contributed by atoms with E-state index in [0.29, 0.717) is 0 Å². The smallest absolute Gasteiger partial charge is 0.122 e. The van der Waals surface area contributed by atoms with Gasteiger partial charge in [-0.2, -0.15) is 0 Å². The molecular formula is C12H13NO. The Labute approximate surface area is 83.5 Å². The van der Waals surface area contributed by atoms with E-state index < -0.39 is 0 Å². The van der Waals surface area contributed by atoms with Gasteiger partial charge in [0.15, 0.2) is 0 Å². The molecule has 0 radical (unpaired) electrons. The Kier molecular flexibility index (Phi) is 2.12. The van der Waals surface area contributed by atoms with E-state index in [1.54, 1.807) is 13.3 Å². The molecule has 0 saturated heterocycles. The average Bonchev–Trinajstić information content (AvgIpc) is 2.23. The van der Waals surface area contributed by atoms with Crippen LogP contribution < -0.4 is 4.74 Å². The first-order valence-corrected chi connectivity index (χ1v) is 4.62. The fourth-order valence-electron chi connectivity index (χ4n) is 1.69. The number of methoxy groups -OCH3 is 1. The fourth-order valence-corrected chi connectivity index (χ4v) is 1.69. The molecule has 14 heavy (non-hydrogen) atoms. The summed E-state index contributed by atoms with van der Waals surface area (Å²) in [6.07, 6.45) is 3.70. The van der Waals surface area contributed by atoms with Crippen LogP contribution >= 0.6 is 0 Å². The van der Waals surface area contributed by atoms with Gasteiger partial charge in [0.05, 0.1) is 7.11 Å². The predicted molar refractivity (Wildman–Crippen MR) is 57.8 cm³/mol. The third kappa shape index (κ3) is 1.23. The van der Waals surface area contributed by atoms with Crippen LogP contribution in [-0.2, 0) is 0 Å². The highest BCUT2D eigenvalue weighted by Gasteiger charge is 2.06. The lowest BCUT2D eigenvalue weighted by Gasteiger charge is -2.10. The molecule has 0 spiro atoms. The molecule has 0 aliphatic carbocycles. The second-order valence-electron chi connectivity index (χ2n) is 3.43. The van der Waals surface area contributed by atoms with E-state index in [2.05, 4.69) is 24.9 Å². The number of aryl methyl sites for hydroxylation is 1. The molecule has 2 heteroatoms. The molecular weight excluding hydrogens is 174 g/mol. The third-order valence-corrected chi connectivity index (χ3v) is 2.70. The van der Waals surface area contributed by atoms with E-state index >= 15 is 0 Å². The van der Waals surface area contributed by atoms with Crippen molar-refractivity contribution < 1.29 is 4.74 Å². The molecule has 0 aliphatic rings. The van der Waals surface area contributed by atoms with E-state index in [4.69, 9.17) is 4.74 Å². The number of benzene rings is 1. The maximum absolute atomic E-state index is 5.31. The molecule has 2 rings (SSSR count). The number of pyridine rings is 1. The normalized spacial score (nSPS) is 10.5. The molecule has 0 amide bonds. The molecule has 0 aliphatic heterocycles. The zero-order chi connectivity index (χ0) is 10.1. The summed E-state index contributed by atoms with van der Waals surface area (Å²) in [4.78, 5) is 4.13. The Balaban J connectivity index is 2.85. The molecule has 1 aromatic carbocycles. The third-order valence-electron chi connectivity index (χ3n) is 2.70. The SMILES string of the molecule is COc1cc2ccncc2c(C)c1C. The predicted octanol–water partition coefficient (Wildman–Crippen LogP) is 2.86.